The minimum absolute atomic E-state index is 0.0113. The van der Waals surface area contributed by atoms with E-state index in [2.05, 4.69) is 15.4 Å². The summed E-state index contributed by atoms with van der Waals surface area (Å²) in [7, 11) is 0. The molecule has 0 aliphatic heterocycles. The molecule has 0 spiro atoms. The van der Waals surface area contributed by atoms with Crippen LogP contribution in [0, 0.1) is 5.82 Å². The second kappa shape index (κ2) is 11.8. The van der Waals surface area contributed by atoms with Crippen molar-refractivity contribution < 1.29 is 27.1 Å². The molecule has 212 valence electrons. The number of anilines is 1. The van der Waals surface area contributed by atoms with Crippen LogP contribution in [0.1, 0.15) is 11.1 Å². The summed E-state index contributed by atoms with van der Waals surface area (Å²) in [6.07, 6.45) is -3.40. The lowest BCUT2D eigenvalue weighted by atomic mass is 10.1. The van der Waals surface area contributed by atoms with E-state index in [0.29, 0.717) is 0 Å². The molecule has 12 heteroatoms. The quantitative estimate of drug-likeness (QED) is 0.166. The van der Waals surface area contributed by atoms with Gasteiger partial charge >= 0.3 is 6.18 Å². The van der Waals surface area contributed by atoms with Gasteiger partial charge in [0.05, 0.1) is 28.4 Å². The molecule has 0 radical (unpaired) electrons. The molecule has 5 rings (SSSR count). The van der Waals surface area contributed by atoms with Gasteiger partial charge < -0.3 is 10.1 Å². The molecule has 0 saturated heterocycles. The van der Waals surface area contributed by atoms with Crippen molar-refractivity contribution in [3.8, 4) is 17.1 Å². The Balaban J connectivity index is 1.51. The fraction of sp³-hybridized carbons (Fsp3) is 0.0667. The van der Waals surface area contributed by atoms with E-state index >= 15 is 0 Å². The molecular formula is C30H19ClF4N4O3. The molecule has 1 heterocycles. The SMILES string of the molecule is O=C(COc1ccc(Cl)cc1C=Nn1c(-c2cccc(C(F)(F)F)c2)nc2ccccc2c1=O)Nc1ccccc1F. The molecule has 0 aliphatic rings. The molecule has 1 amide bonds. The van der Waals surface area contributed by atoms with E-state index in [9.17, 15) is 27.2 Å². The number of hydrogen-bond donors (Lipinski definition) is 1. The largest absolute Gasteiger partial charge is 0.483 e. The van der Waals surface area contributed by atoms with E-state index < -0.39 is 35.6 Å². The number of rotatable bonds is 7. The highest BCUT2D eigenvalue weighted by Crippen LogP contribution is 2.32. The maximum Gasteiger partial charge on any atom is 0.416 e. The highest BCUT2D eigenvalue weighted by molar-refractivity contribution is 6.30. The predicted octanol–water partition coefficient (Wildman–Crippen LogP) is 6.77. The van der Waals surface area contributed by atoms with E-state index in [-0.39, 0.29) is 44.3 Å². The van der Waals surface area contributed by atoms with Crippen LogP contribution in [0.15, 0.2) is 101 Å². The maximum atomic E-state index is 13.9. The van der Waals surface area contributed by atoms with Crippen molar-refractivity contribution in [2.24, 2.45) is 5.10 Å². The maximum absolute atomic E-state index is 13.9. The smallest absolute Gasteiger partial charge is 0.416 e. The molecule has 0 fully saturated rings. The zero-order chi connectivity index (χ0) is 29.9. The molecule has 1 aromatic heterocycles. The number of carbonyl (C=O) groups excluding carboxylic acids is 1. The topological polar surface area (TPSA) is 85.6 Å². The molecule has 0 unspecified atom stereocenters. The Morgan fingerprint density at radius 1 is 1.00 bits per heavy atom. The highest BCUT2D eigenvalue weighted by Gasteiger charge is 2.31. The van der Waals surface area contributed by atoms with Gasteiger partial charge in [-0.15, -0.1) is 0 Å². The molecule has 0 bridgehead atoms. The number of aromatic nitrogens is 2. The number of benzene rings is 4. The van der Waals surface area contributed by atoms with Crippen LogP contribution in [-0.2, 0) is 11.0 Å². The Hall–Kier alpha value is -5.03. The molecule has 0 atom stereocenters. The number of nitrogens with zero attached hydrogens (tertiary/aromatic N) is 3. The van der Waals surface area contributed by atoms with Gasteiger partial charge in [-0.25, -0.2) is 9.37 Å². The van der Waals surface area contributed by atoms with Crippen LogP contribution in [0.5, 0.6) is 5.75 Å². The summed E-state index contributed by atoms with van der Waals surface area (Å²) in [5.74, 6) is -1.24. The number of fused-ring (bicyclic) bond motifs is 1. The summed E-state index contributed by atoms with van der Waals surface area (Å²) < 4.78 is 60.7. The molecule has 0 aliphatic carbocycles. The molecular weight excluding hydrogens is 576 g/mol. The van der Waals surface area contributed by atoms with Gasteiger partial charge in [0.1, 0.15) is 11.6 Å². The highest BCUT2D eigenvalue weighted by atomic mass is 35.5. The van der Waals surface area contributed by atoms with E-state index in [0.717, 1.165) is 16.8 Å². The molecule has 5 aromatic rings. The van der Waals surface area contributed by atoms with E-state index in [4.69, 9.17) is 16.3 Å². The number of ether oxygens (including phenoxy) is 1. The van der Waals surface area contributed by atoms with Gasteiger partial charge in [-0.2, -0.15) is 22.9 Å². The van der Waals surface area contributed by atoms with Crippen molar-refractivity contribution in [2.75, 3.05) is 11.9 Å². The first kappa shape index (κ1) is 28.5. The second-order valence-electron chi connectivity index (χ2n) is 8.89. The van der Waals surface area contributed by atoms with Crippen LogP contribution in [0.3, 0.4) is 0 Å². The molecule has 1 N–H and O–H groups in total. The van der Waals surface area contributed by atoms with Crippen LogP contribution < -0.4 is 15.6 Å². The molecule has 42 heavy (non-hydrogen) atoms. The standard InChI is InChI=1S/C30H19ClF4N4O3/c31-21-12-13-26(42-17-27(40)37-25-11-4-2-9-23(25)32)19(15-21)16-36-39-28(18-6-5-7-20(14-18)30(33,34)35)38-24-10-3-1-8-22(24)29(39)41/h1-16H,17H2,(H,37,40). The average molecular weight is 595 g/mol. The van der Waals surface area contributed by atoms with E-state index in [1.54, 1.807) is 24.3 Å². The van der Waals surface area contributed by atoms with Crippen molar-refractivity contribution in [2.45, 2.75) is 6.18 Å². The number of carbonyl (C=O) groups is 1. The third-order valence-corrected chi connectivity index (χ3v) is 6.23. The van der Waals surface area contributed by atoms with Gasteiger partial charge in [-0.3, -0.25) is 9.59 Å². The van der Waals surface area contributed by atoms with Gasteiger partial charge in [-0.1, -0.05) is 48.0 Å². The second-order valence-corrected chi connectivity index (χ2v) is 9.33. The summed E-state index contributed by atoms with van der Waals surface area (Å²) in [6, 6.07) is 20.8. The van der Waals surface area contributed by atoms with Gasteiger partial charge in [0.2, 0.25) is 0 Å². The summed E-state index contributed by atoms with van der Waals surface area (Å²) in [6.45, 7) is -0.496. The lowest BCUT2D eigenvalue weighted by molar-refractivity contribution is -0.137. The number of halogens is 5. The van der Waals surface area contributed by atoms with Crippen LogP contribution >= 0.6 is 11.6 Å². The van der Waals surface area contributed by atoms with E-state index in [1.165, 1.54) is 60.8 Å². The fourth-order valence-corrected chi connectivity index (χ4v) is 4.20. The van der Waals surface area contributed by atoms with Crippen LogP contribution in [0.2, 0.25) is 5.02 Å². The van der Waals surface area contributed by atoms with Gasteiger partial charge in [0.15, 0.2) is 12.4 Å². The first-order chi connectivity index (χ1) is 20.1. The number of hydrogen-bond acceptors (Lipinski definition) is 5. The summed E-state index contributed by atoms with van der Waals surface area (Å²) in [4.78, 5) is 30.2. The van der Waals surface area contributed by atoms with Crippen molar-refractivity contribution in [1.29, 1.82) is 0 Å². The third-order valence-electron chi connectivity index (χ3n) is 5.99. The summed E-state index contributed by atoms with van der Waals surface area (Å²) in [5.41, 5.74) is -1.04. The molecule has 7 nitrogen and oxygen atoms in total. The van der Waals surface area contributed by atoms with Gasteiger partial charge in [0.25, 0.3) is 11.5 Å². The number of para-hydroxylation sites is 2. The van der Waals surface area contributed by atoms with Crippen LogP contribution in [0.4, 0.5) is 23.2 Å². The molecule has 0 saturated carbocycles. The number of alkyl halides is 3. The molecule has 4 aromatic carbocycles. The van der Waals surface area contributed by atoms with E-state index in [1.807, 2.05) is 0 Å². The summed E-state index contributed by atoms with van der Waals surface area (Å²) >= 11 is 6.16. The van der Waals surface area contributed by atoms with Gasteiger partial charge in [-0.05, 0) is 54.6 Å². The Bertz CT molecular complexity index is 1890. The summed E-state index contributed by atoms with van der Waals surface area (Å²) in [5, 5.41) is 7.12. The van der Waals surface area contributed by atoms with Crippen LogP contribution in [0.25, 0.3) is 22.3 Å². The first-order valence-electron chi connectivity index (χ1n) is 12.3. The Kier molecular flexibility index (Phi) is 8.03. The van der Waals surface area contributed by atoms with Crippen molar-refractivity contribution >= 4 is 40.3 Å². The first-order valence-corrected chi connectivity index (χ1v) is 12.7. The number of amides is 1. The Morgan fingerprint density at radius 3 is 2.55 bits per heavy atom. The monoisotopic (exact) mass is 594 g/mol. The van der Waals surface area contributed by atoms with Crippen molar-refractivity contribution in [1.82, 2.24) is 9.66 Å². The van der Waals surface area contributed by atoms with Gasteiger partial charge in [0, 0.05) is 16.1 Å². The minimum Gasteiger partial charge on any atom is -0.483 e. The Morgan fingerprint density at radius 2 is 1.76 bits per heavy atom. The van der Waals surface area contributed by atoms with Crippen molar-refractivity contribution in [3.63, 3.8) is 0 Å². The third kappa shape index (κ3) is 6.31. The average Bonchev–Trinajstić information content (AvgIpc) is 2.97. The van der Waals surface area contributed by atoms with Crippen molar-refractivity contribution in [3.05, 3.63) is 123 Å². The zero-order valence-corrected chi connectivity index (χ0v) is 22.2. The lowest BCUT2D eigenvalue weighted by Gasteiger charge is -2.13. The lowest BCUT2D eigenvalue weighted by Crippen LogP contribution is -2.21. The Labute approximate surface area is 240 Å². The normalized spacial score (nSPS) is 11.6. The zero-order valence-electron chi connectivity index (χ0n) is 21.4. The minimum atomic E-state index is -4.62. The predicted molar refractivity (Wildman–Crippen MR) is 151 cm³/mol. The number of nitrogens with one attached hydrogen (secondary N) is 1. The fourth-order valence-electron chi connectivity index (χ4n) is 4.02. The van der Waals surface area contributed by atoms with Crippen LogP contribution in [-0.4, -0.2) is 28.4 Å².